The molecule has 0 saturated heterocycles. The fourth-order valence-corrected chi connectivity index (χ4v) is 1.90. The van der Waals surface area contributed by atoms with E-state index in [2.05, 4.69) is 44.5 Å². The highest BCUT2D eigenvalue weighted by Crippen LogP contribution is 2.35. The summed E-state index contributed by atoms with van der Waals surface area (Å²) in [6.45, 7) is 10.7. The summed E-state index contributed by atoms with van der Waals surface area (Å²) < 4.78 is 0. The molecule has 0 fully saturated rings. The van der Waals surface area contributed by atoms with Crippen LogP contribution >= 0.6 is 0 Å². The van der Waals surface area contributed by atoms with Crippen molar-refractivity contribution >= 4 is 6.16 Å². The third-order valence-electron chi connectivity index (χ3n) is 4.06. The van der Waals surface area contributed by atoms with Gasteiger partial charge in [0.2, 0.25) is 0 Å². The van der Waals surface area contributed by atoms with E-state index in [0.717, 1.165) is 32.1 Å². The molecule has 0 spiro atoms. The van der Waals surface area contributed by atoms with E-state index in [1.165, 1.54) is 0 Å². The Labute approximate surface area is 116 Å². The Morgan fingerprint density at radius 1 is 1.26 bits per heavy atom. The van der Waals surface area contributed by atoms with Gasteiger partial charge in [0.25, 0.3) is 0 Å². The topological polar surface area (TPSA) is 65.0 Å². The fraction of sp³-hybridized carbons (Fsp3) is 0.929. The van der Waals surface area contributed by atoms with Crippen molar-refractivity contribution in [2.45, 2.75) is 72.8 Å². The van der Waals surface area contributed by atoms with Crippen molar-refractivity contribution in [2.75, 3.05) is 0 Å². The maximum absolute atomic E-state index is 10.2. The van der Waals surface area contributed by atoms with E-state index in [1.807, 2.05) is 0 Å². The summed E-state index contributed by atoms with van der Waals surface area (Å²) in [5.41, 5.74) is 0.101. The molecule has 2 atom stereocenters. The zero-order valence-corrected chi connectivity index (χ0v) is 12.8. The number of hydrogen-bond donors (Lipinski definition) is 1. The molecule has 1 N–H and O–H groups in total. The van der Waals surface area contributed by atoms with Crippen LogP contribution in [0.1, 0.15) is 66.7 Å². The van der Waals surface area contributed by atoms with E-state index < -0.39 is 6.16 Å². The summed E-state index contributed by atoms with van der Waals surface area (Å²) in [7, 11) is 0. The van der Waals surface area contributed by atoms with Gasteiger partial charge in [-0.3, -0.25) is 0 Å². The van der Waals surface area contributed by atoms with Gasteiger partial charge in [-0.25, -0.2) is 9.68 Å². The molecule has 0 radical (unpaired) electrons. The number of carboxylic acid groups (broad SMARTS) is 1. The van der Waals surface area contributed by atoms with Crippen molar-refractivity contribution in [2.24, 2.45) is 11.3 Å². The lowest BCUT2D eigenvalue weighted by atomic mass is 9.74. The summed E-state index contributed by atoms with van der Waals surface area (Å²) in [5, 5.41) is 12.7. The number of hydrogen-bond acceptors (Lipinski definition) is 4. The van der Waals surface area contributed by atoms with Crippen molar-refractivity contribution in [1.82, 2.24) is 0 Å². The van der Waals surface area contributed by atoms with E-state index in [1.54, 1.807) is 0 Å². The Morgan fingerprint density at radius 2 is 1.89 bits per heavy atom. The fourth-order valence-electron chi connectivity index (χ4n) is 1.90. The van der Waals surface area contributed by atoms with Gasteiger partial charge in [0.1, 0.15) is 6.10 Å². The lowest BCUT2D eigenvalue weighted by Crippen LogP contribution is -2.34. The molecular formula is C14H28O5. The molecule has 0 saturated carbocycles. The van der Waals surface area contributed by atoms with Gasteiger partial charge in [-0.1, -0.05) is 60.3 Å². The molecule has 114 valence electrons. The first-order chi connectivity index (χ1) is 8.85. The molecule has 0 aromatic rings. The molecule has 0 aliphatic heterocycles. The number of unbranched alkanes of at least 4 members (excludes halogenated alkanes) is 2. The molecule has 0 aliphatic carbocycles. The lowest BCUT2D eigenvalue weighted by Gasteiger charge is -2.35. The standard InChI is InChI=1S/C14H28O5/c1-6-8-9-10-12(17-19-18-13(15)16)11(3)14(4,5)7-2/h11-12H,6-10H2,1-5H3,(H,15,16). The van der Waals surface area contributed by atoms with Crippen LogP contribution in [-0.4, -0.2) is 17.4 Å². The first-order valence-electron chi connectivity index (χ1n) is 7.08. The Kier molecular flexibility index (Phi) is 8.76. The van der Waals surface area contributed by atoms with Crippen LogP contribution in [0.3, 0.4) is 0 Å². The molecule has 0 aromatic heterocycles. The average Bonchev–Trinajstić information content (AvgIpc) is 2.36. The van der Waals surface area contributed by atoms with E-state index in [0.29, 0.717) is 0 Å². The first kappa shape index (κ1) is 18.2. The van der Waals surface area contributed by atoms with E-state index in [9.17, 15) is 4.79 Å². The van der Waals surface area contributed by atoms with Crippen LogP contribution in [0.4, 0.5) is 4.79 Å². The minimum Gasteiger partial charge on any atom is -0.448 e. The smallest absolute Gasteiger partial charge is 0.448 e. The second kappa shape index (κ2) is 9.15. The number of rotatable bonds is 10. The summed E-state index contributed by atoms with van der Waals surface area (Å²) in [5.74, 6) is 0.242. The van der Waals surface area contributed by atoms with Gasteiger partial charge in [-0.2, -0.15) is 4.89 Å². The third-order valence-corrected chi connectivity index (χ3v) is 4.06. The van der Waals surface area contributed by atoms with Gasteiger partial charge in [0.05, 0.1) is 0 Å². The van der Waals surface area contributed by atoms with Crippen LogP contribution in [0.15, 0.2) is 0 Å². The van der Waals surface area contributed by atoms with Gasteiger partial charge in [-0.05, 0) is 22.8 Å². The maximum Gasteiger partial charge on any atom is 0.540 e. The zero-order valence-electron chi connectivity index (χ0n) is 12.8. The molecule has 19 heavy (non-hydrogen) atoms. The van der Waals surface area contributed by atoms with Crippen LogP contribution in [0.5, 0.6) is 0 Å². The highest BCUT2D eigenvalue weighted by atomic mass is 17.5. The maximum atomic E-state index is 10.2. The van der Waals surface area contributed by atoms with Gasteiger partial charge in [0, 0.05) is 0 Å². The van der Waals surface area contributed by atoms with Gasteiger partial charge in [0.15, 0.2) is 0 Å². The molecule has 0 aromatic carbocycles. The first-order valence-corrected chi connectivity index (χ1v) is 7.08. The zero-order chi connectivity index (χ0) is 14.9. The minimum atomic E-state index is -1.50. The predicted molar refractivity (Wildman–Crippen MR) is 72.4 cm³/mol. The number of carbonyl (C=O) groups is 1. The highest BCUT2D eigenvalue weighted by Gasteiger charge is 2.32. The van der Waals surface area contributed by atoms with Crippen molar-refractivity contribution < 1.29 is 24.7 Å². The van der Waals surface area contributed by atoms with Gasteiger partial charge < -0.3 is 5.11 Å². The third kappa shape index (κ3) is 7.38. The van der Waals surface area contributed by atoms with Crippen LogP contribution in [-0.2, 0) is 14.8 Å². The quantitative estimate of drug-likeness (QED) is 0.360. The van der Waals surface area contributed by atoms with Crippen LogP contribution in [0.2, 0.25) is 0 Å². The Hall–Kier alpha value is -0.810. The van der Waals surface area contributed by atoms with Gasteiger partial charge in [-0.15, -0.1) is 0 Å². The van der Waals surface area contributed by atoms with Gasteiger partial charge >= 0.3 is 6.16 Å². The van der Waals surface area contributed by atoms with Crippen molar-refractivity contribution in [1.29, 1.82) is 0 Å². The Bertz CT molecular complexity index is 252. The van der Waals surface area contributed by atoms with Crippen LogP contribution in [0, 0.1) is 11.3 Å². The molecule has 2 unspecified atom stereocenters. The monoisotopic (exact) mass is 276 g/mol. The molecule has 5 nitrogen and oxygen atoms in total. The molecule has 0 bridgehead atoms. The Morgan fingerprint density at radius 3 is 2.37 bits per heavy atom. The van der Waals surface area contributed by atoms with E-state index in [4.69, 9.17) is 9.99 Å². The summed E-state index contributed by atoms with van der Waals surface area (Å²) in [4.78, 5) is 19.4. The predicted octanol–water partition coefficient (Wildman–Crippen LogP) is 4.57. The molecule has 5 heteroatoms. The minimum absolute atomic E-state index is 0.101. The van der Waals surface area contributed by atoms with Crippen LogP contribution in [0.25, 0.3) is 0 Å². The van der Waals surface area contributed by atoms with Crippen LogP contribution < -0.4 is 0 Å². The molecular weight excluding hydrogens is 248 g/mol. The normalized spacial score (nSPS) is 15.0. The van der Waals surface area contributed by atoms with E-state index in [-0.39, 0.29) is 17.4 Å². The van der Waals surface area contributed by atoms with Crippen molar-refractivity contribution in [3.05, 3.63) is 0 Å². The second-order valence-corrected chi connectivity index (χ2v) is 5.68. The molecule has 0 amide bonds. The van der Waals surface area contributed by atoms with Crippen molar-refractivity contribution in [3.63, 3.8) is 0 Å². The summed E-state index contributed by atoms with van der Waals surface area (Å²) in [6.07, 6.45) is 3.46. The average molecular weight is 276 g/mol. The van der Waals surface area contributed by atoms with Crippen molar-refractivity contribution in [3.8, 4) is 0 Å². The highest BCUT2D eigenvalue weighted by molar-refractivity contribution is 5.55. The molecule has 0 rings (SSSR count). The summed E-state index contributed by atoms with van der Waals surface area (Å²) >= 11 is 0. The molecule has 0 aliphatic rings. The largest absolute Gasteiger partial charge is 0.540 e. The second-order valence-electron chi connectivity index (χ2n) is 5.68. The summed E-state index contributed by atoms with van der Waals surface area (Å²) in [6, 6.07) is 0. The SMILES string of the molecule is CCCCCC(OOOC(=O)O)C(C)C(C)(C)CC. The molecule has 0 heterocycles. The Balaban J connectivity index is 4.42. The lowest BCUT2D eigenvalue weighted by molar-refractivity contribution is -0.506. The van der Waals surface area contributed by atoms with E-state index >= 15 is 0 Å².